The minimum Gasteiger partial charge on any atom is -0.415 e. The van der Waals surface area contributed by atoms with Crippen LogP contribution in [0.1, 0.15) is 12.8 Å². The van der Waals surface area contributed by atoms with E-state index in [0.29, 0.717) is 17.8 Å². The van der Waals surface area contributed by atoms with E-state index in [2.05, 4.69) is 34.8 Å². The Morgan fingerprint density at radius 3 is 2.62 bits per heavy atom. The van der Waals surface area contributed by atoms with E-state index in [1.54, 1.807) is 0 Å². The molecule has 2 aromatic rings. The molecule has 1 fully saturated rings. The summed E-state index contributed by atoms with van der Waals surface area (Å²) in [4.78, 5) is 19.0. The van der Waals surface area contributed by atoms with Crippen LogP contribution in [0, 0.1) is 0 Å². The number of piperidine rings is 1. The summed E-state index contributed by atoms with van der Waals surface area (Å²) in [5, 5.41) is 5.57. The van der Waals surface area contributed by atoms with Crippen LogP contribution in [0.4, 0.5) is 5.13 Å². The van der Waals surface area contributed by atoms with Crippen LogP contribution in [0.3, 0.4) is 0 Å². The van der Waals surface area contributed by atoms with Crippen LogP contribution in [0.2, 0.25) is 19.6 Å². The maximum Gasteiger partial charge on any atom is 0.240 e. The summed E-state index contributed by atoms with van der Waals surface area (Å²) >= 11 is 1.46. The third-order valence-electron chi connectivity index (χ3n) is 4.24. The highest BCUT2D eigenvalue weighted by Gasteiger charge is 2.26. The van der Waals surface area contributed by atoms with Crippen molar-refractivity contribution in [2.24, 2.45) is 0 Å². The van der Waals surface area contributed by atoms with Gasteiger partial charge in [-0.3, -0.25) is 9.69 Å². The number of aromatic nitrogens is 1. The van der Waals surface area contributed by atoms with Crippen molar-refractivity contribution >= 4 is 30.7 Å². The average Bonchev–Trinajstić information content (AvgIpc) is 3.04. The number of rotatable bonds is 6. The van der Waals surface area contributed by atoms with Crippen LogP contribution in [-0.4, -0.2) is 49.8 Å². The normalized spacial score (nSPS) is 16.6. The monoisotopic (exact) mass is 389 g/mol. The van der Waals surface area contributed by atoms with Gasteiger partial charge in [-0.25, -0.2) is 4.98 Å². The summed E-state index contributed by atoms with van der Waals surface area (Å²) in [7, 11) is -1.48. The molecule has 0 spiro atoms. The first kappa shape index (κ1) is 19.2. The van der Waals surface area contributed by atoms with Gasteiger partial charge in [0.05, 0.1) is 12.2 Å². The van der Waals surface area contributed by atoms with E-state index in [-0.39, 0.29) is 5.91 Å². The number of likely N-dealkylation sites (tertiary alicyclic amines) is 1. The highest BCUT2D eigenvalue weighted by molar-refractivity contribution is 7.14. The van der Waals surface area contributed by atoms with Gasteiger partial charge in [0.25, 0.3) is 0 Å². The molecule has 1 aliphatic rings. The first-order valence-corrected chi connectivity index (χ1v) is 13.4. The lowest BCUT2D eigenvalue weighted by molar-refractivity contribution is -0.117. The summed E-state index contributed by atoms with van der Waals surface area (Å²) in [6, 6.07) is 10.0. The fraction of sp³-hybridized carbons (Fsp3) is 0.474. The number of benzene rings is 1. The first-order chi connectivity index (χ1) is 12.4. The van der Waals surface area contributed by atoms with E-state index in [1.165, 1.54) is 11.3 Å². The summed E-state index contributed by atoms with van der Waals surface area (Å²) in [6.07, 6.45) is 2.37. The van der Waals surface area contributed by atoms with Crippen molar-refractivity contribution in [2.45, 2.75) is 38.6 Å². The molecule has 0 radical (unpaired) electrons. The molecule has 0 aliphatic carbocycles. The van der Waals surface area contributed by atoms with Crippen molar-refractivity contribution in [1.29, 1.82) is 0 Å². The molecule has 1 aromatic carbocycles. The molecule has 5 nitrogen and oxygen atoms in total. The van der Waals surface area contributed by atoms with Crippen LogP contribution in [0.15, 0.2) is 35.7 Å². The van der Waals surface area contributed by atoms with E-state index in [1.807, 2.05) is 35.7 Å². The molecule has 0 saturated carbocycles. The summed E-state index contributed by atoms with van der Waals surface area (Å²) in [5.74, 6) is 0.00327. The number of hydrogen-bond donors (Lipinski definition) is 1. The lowest BCUT2D eigenvalue weighted by Gasteiger charge is -2.34. The Morgan fingerprint density at radius 1 is 1.27 bits per heavy atom. The molecule has 7 heteroatoms. The third-order valence-corrected chi connectivity index (χ3v) is 6.04. The fourth-order valence-corrected chi connectivity index (χ4v) is 5.09. The van der Waals surface area contributed by atoms with E-state index in [4.69, 9.17) is 4.43 Å². The largest absolute Gasteiger partial charge is 0.415 e. The zero-order valence-corrected chi connectivity index (χ0v) is 17.5. The van der Waals surface area contributed by atoms with Gasteiger partial charge in [-0.2, -0.15) is 0 Å². The molecule has 1 saturated heterocycles. The van der Waals surface area contributed by atoms with E-state index in [0.717, 1.165) is 37.2 Å². The molecule has 0 atom stereocenters. The van der Waals surface area contributed by atoms with Gasteiger partial charge < -0.3 is 9.74 Å². The molecule has 1 N–H and O–H groups in total. The lowest BCUT2D eigenvalue weighted by atomic mass is 10.1. The van der Waals surface area contributed by atoms with Crippen LogP contribution in [-0.2, 0) is 9.22 Å². The Labute approximate surface area is 160 Å². The van der Waals surface area contributed by atoms with Gasteiger partial charge in [0.15, 0.2) is 13.4 Å². The second-order valence-corrected chi connectivity index (χ2v) is 13.0. The van der Waals surface area contributed by atoms with Crippen molar-refractivity contribution in [1.82, 2.24) is 9.88 Å². The topological polar surface area (TPSA) is 54.5 Å². The van der Waals surface area contributed by atoms with Gasteiger partial charge in [-0.05, 0) is 32.5 Å². The zero-order valence-electron chi connectivity index (χ0n) is 15.7. The van der Waals surface area contributed by atoms with Gasteiger partial charge >= 0.3 is 0 Å². The highest BCUT2D eigenvalue weighted by atomic mass is 32.1. The number of thiazole rings is 1. The Morgan fingerprint density at radius 2 is 1.96 bits per heavy atom. The second-order valence-electron chi connectivity index (χ2n) is 7.66. The minimum absolute atomic E-state index is 0.00327. The number of carbonyl (C=O) groups is 1. The van der Waals surface area contributed by atoms with Crippen molar-refractivity contribution in [3.8, 4) is 11.3 Å². The SMILES string of the molecule is C[Si](C)(C)OC1CCN(CC(=O)Nc2nc(-c3ccccc3)cs2)CC1. The standard InChI is InChI=1S/C19H27N3O2SSi/c1-26(2,3)24-16-9-11-22(12-10-16)13-18(23)21-19-20-17(14-25-19)15-7-5-4-6-8-15/h4-8,14,16H,9-13H2,1-3H3,(H,20,21,23). The highest BCUT2D eigenvalue weighted by Crippen LogP contribution is 2.24. The molecule has 3 rings (SSSR count). The van der Waals surface area contributed by atoms with Gasteiger partial charge in [0.2, 0.25) is 5.91 Å². The quantitative estimate of drug-likeness (QED) is 0.757. The summed E-state index contributed by atoms with van der Waals surface area (Å²) < 4.78 is 6.18. The molecule has 140 valence electrons. The van der Waals surface area contributed by atoms with Crippen LogP contribution in [0.5, 0.6) is 0 Å². The van der Waals surface area contributed by atoms with Crippen molar-refractivity contribution in [2.75, 3.05) is 25.0 Å². The minimum atomic E-state index is -1.48. The Bertz CT molecular complexity index is 722. The van der Waals surface area contributed by atoms with Crippen LogP contribution < -0.4 is 5.32 Å². The zero-order chi connectivity index (χ0) is 18.6. The number of carbonyl (C=O) groups excluding carboxylic acids is 1. The summed E-state index contributed by atoms with van der Waals surface area (Å²) in [6.45, 7) is 8.92. The molecule has 0 unspecified atom stereocenters. The lowest BCUT2D eigenvalue weighted by Crippen LogP contribution is -2.44. The summed E-state index contributed by atoms with van der Waals surface area (Å²) in [5.41, 5.74) is 1.96. The first-order valence-electron chi connectivity index (χ1n) is 9.10. The van der Waals surface area contributed by atoms with Crippen molar-refractivity contribution < 1.29 is 9.22 Å². The van der Waals surface area contributed by atoms with E-state index < -0.39 is 8.32 Å². The second kappa shape index (κ2) is 8.43. The third kappa shape index (κ3) is 5.74. The molecular weight excluding hydrogens is 362 g/mol. The maximum atomic E-state index is 12.3. The predicted octanol–water partition coefficient (Wildman–Crippen LogP) is 4.06. The molecule has 1 aromatic heterocycles. The van der Waals surface area contributed by atoms with Gasteiger partial charge in [0.1, 0.15) is 0 Å². The smallest absolute Gasteiger partial charge is 0.240 e. The van der Waals surface area contributed by atoms with Gasteiger partial charge in [0, 0.05) is 30.1 Å². The van der Waals surface area contributed by atoms with Crippen LogP contribution >= 0.6 is 11.3 Å². The van der Waals surface area contributed by atoms with Gasteiger partial charge in [-0.1, -0.05) is 30.3 Å². The maximum absolute atomic E-state index is 12.3. The Hall–Kier alpha value is -1.54. The molecule has 1 amide bonds. The average molecular weight is 390 g/mol. The number of amides is 1. The van der Waals surface area contributed by atoms with E-state index in [9.17, 15) is 4.79 Å². The van der Waals surface area contributed by atoms with Gasteiger partial charge in [-0.15, -0.1) is 11.3 Å². The number of nitrogens with one attached hydrogen (secondary N) is 1. The number of nitrogens with zero attached hydrogens (tertiary/aromatic N) is 2. The predicted molar refractivity (Wildman–Crippen MR) is 110 cm³/mol. The van der Waals surface area contributed by atoms with Crippen molar-refractivity contribution in [3.63, 3.8) is 0 Å². The molecular formula is C19H27N3O2SSi. The number of anilines is 1. The molecule has 26 heavy (non-hydrogen) atoms. The Balaban J connectivity index is 1.46. The molecule has 1 aliphatic heterocycles. The molecule has 2 heterocycles. The molecule has 0 bridgehead atoms. The fourth-order valence-electron chi connectivity index (χ4n) is 3.12. The number of hydrogen-bond acceptors (Lipinski definition) is 5. The van der Waals surface area contributed by atoms with Crippen molar-refractivity contribution in [3.05, 3.63) is 35.7 Å². The Kier molecular flexibility index (Phi) is 6.23. The van der Waals surface area contributed by atoms with E-state index >= 15 is 0 Å². The van der Waals surface area contributed by atoms with Crippen LogP contribution in [0.25, 0.3) is 11.3 Å².